The Labute approximate surface area is 200 Å². The molecule has 3 fully saturated rings. The van der Waals surface area contributed by atoms with Crippen LogP contribution in [0.5, 0.6) is 0 Å². The summed E-state index contributed by atoms with van der Waals surface area (Å²) >= 11 is 0. The van der Waals surface area contributed by atoms with Crippen molar-refractivity contribution in [2.24, 2.45) is 10.4 Å². The summed E-state index contributed by atoms with van der Waals surface area (Å²) in [6.07, 6.45) is 7.25. The molecular weight excluding hydrogens is 493 g/mol. The number of hydrogen-bond acceptors (Lipinski definition) is 4. The third-order valence-corrected chi connectivity index (χ3v) is 6.58. The van der Waals surface area contributed by atoms with Crippen LogP contribution in [0.25, 0.3) is 0 Å². The number of amides is 1. The standard InChI is InChI=1S/C22H41N5O2.HI/c1-3-23-21(24-19-22(8-9-22)10-17-29-4-2)27-15-13-25(14-16-27)18-20(28)26-11-6-5-7-12-26;/h3-19H2,1-2H3,(H,23,24);1H. The van der Waals surface area contributed by atoms with Gasteiger partial charge in [-0.2, -0.15) is 0 Å². The summed E-state index contributed by atoms with van der Waals surface area (Å²) in [6, 6.07) is 0. The molecule has 2 saturated heterocycles. The van der Waals surface area contributed by atoms with Crippen LogP contribution >= 0.6 is 24.0 Å². The van der Waals surface area contributed by atoms with E-state index in [0.717, 1.165) is 90.8 Å². The third-order valence-electron chi connectivity index (χ3n) is 6.58. The average molecular weight is 536 g/mol. The van der Waals surface area contributed by atoms with E-state index in [1.165, 1.54) is 19.3 Å². The Hall–Kier alpha value is -0.610. The van der Waals surface area contributed by atoms with Gasteiger partial charge in [-0.05, 0) is 57.8 Å². The minimum atomic E-state index is 0. The molecule has 2 heterocycles. The first-order valence-corrected chi connectivity index (χ1v) is 11.8. The molecule has 1 amide bonds. The summed E-state index contributed by atoms with van der Waals surface area (Å²) in [6.45, 7) is 13.8. The molecule has 1 N–H and O–H groups in total. The molecule has 0 spiro atoms. The van der Waals surface area contributed by atoms with Crippen LogP contribution in [0.3, 0.4) is 0 Å². The molecule has 0 aromatic carbocycles. The summed E-state index contributed by atoms with van der Waals surface area (Å²) in [5.41, 5.74) is 0.374. The zero-order valence-corrected chi connectivity index (χ0v) is 21.4. The summed E-state index contributed by atoms with van der Waals surface area (Å²) in [7, 11) is 0. The molecule has 0 aromatic heterocycles. The lowest BCUT2D eigenvalue weighted by Gasteiger charge is -2.37. The second-order valence-corrected chi connectivity index (χ2v) is 8.82. The Bertz CT molecular complexity index is 542. The topological polar surface area (TPSA) is 60.4 Å². The van der Waals surface area contributed by atoms with Crippen molar-refractivity contribution in [3.05, 3.63) is 0 Å². The Morgan fingerprint density at radius 1 is 1.00 bits per heavy atom. The maximum Gasteiger partial charge on any atom is 0.236 e. The maximum atomic E-state index is 12.5. The molecular formula is C22H42IN5O2. The Morgan fingerprint density at radius 3 is 2.30 bits per heavy atom. The van der Waals surface area contributed by atoms with Gasteiger partial charge < -0.3 is 19.9 Å². The minimum absolute atomic E-state index is 0. The Morgan fingerprint density at radius 2 is 1.70 bits per heavy atom. The summed E-state index contributed by atoms with van der Waals surface area (Å²) in [4.78, 5) is 24.3. The molecule has 174 valence electrons. The number of piperazine rings is 1. The third kappa shape index (κ3) is 7.82. The number of carbonyl (C=O) groups is 1. The van der Waals surface area contributed by atoms with Gasteiger partial charge in [0.05, 0.1) is 6.54 Å². The lowest BCUT2D eigenvalue weighted by atomic mass is 10.0. The van der Waals surface area contributed by atoms with Crippen molar-refractivity contribution in [3.63, 3.8) is 0 Å². The van der Waals surface area contributed by atoms with Crippen molar-refractivity contribution in [3.8, 4) is 0 Å². The normalized spacial score (nSPS) is 21.9. The number of halogens is 1. The molecule has 0 unspecified atom stereocenters. The second-order valence-electron chi connectivity index (χ2n) is 8.82. The molecule has 0 atom stereocenters. The monoisotopic (exact) mass is 535 g/mol. The summed E-state index contributed by atoms with van der Waals surface area (Å²) < 4.78 is 5.56. The number of hydrogen-bond donors (Lipinski definition) is 1. The molecule has 3 aliphatic rings. The smallest absolute Gasteiger partial charge is 0.236 e. The first-order valence-electron chi connectivity index (χ1n) is 11.8. The van der Waals surface area contributed by atoms with Crippen molar-refractivity contribution in [1.29, 1.82) is 0 Å². The second kappa shape index (κ2) is 13.1. The van der Waals surface area contributed by atoms with Crippen LogP contribution in [0.15, 0.2) is 4.99 Å². The molecule has 30 heavy (non-hydrogen) atoms. The van der Waals surface area contributed by atoms with Crippen LogP contribution < -0.4 is 5.32 Å². The highest BCUT2D eigenvalue weighted by Crippen LogP contribution is 2.49. The van der Waals surface area contributed by atoms with E-state index in [2.05, 4.69) is 33.9 Å². The largest absolute Gasteiger partial charge is 0.382 e. The fourth-order valence-corrected chi connectivity index (χ4v) is 4.32. The SMILES string of the molecule is CCNC(=NCC1(CCOCC)CC1)N1CCN(CC(=O)N2CCCCC2)CC1.I. The maximum absolute atomic E-state index is 12.5. The molecule has 8 heteroatoms. The number of ether oxygens (including phenoxy) is 1. The lowest BCUT2D eigenvalue weighted by Crippen LogP contribution is -2.54. The van der Waals surface area contributed by atoms with Gasteiger partial charge in [0.2, 0.25) is 5.91 Å². The molecule has 2 aliphatic heterocycles. The highest BCUT2D eigenvalue weighted by molar-refractivity contribution is 14.0. The fraction of sp³-hybridized carbons (Fsp3) is 0.909. The molecule has 0 aromatic rings. The van der Waals surface area contributed by atoms with E-state index in [0.29, 0.717) is 17.9 Å². The van der Waals surface area contributed by atoms with Gasteiger partial charge in [0, 0.05) is 65.6 Å². The highest BCUT2D eigenvalue weighted by atomic mass is 127. The molecule has 0 radical (unpaired) electrons. The number of piperidine rings is 1. The zero-order valence-electron chi connectivity index (χ0n) is 19.0. The summed E-state index contributed by atoms with van der Waals surface area (Å²) in [5, 5.41) is 3.48. The van der Waals surface area contributed by atoms with Gasteiger partial charge in [-0.25, -0.2) is 0 Å². The van der Waals surface area contributed by atoms with Crippen molar-refractivity contribution < 1.29 is 9.53 Å². The van der Waals surface area contributed by atoms with Crippen LogP contribution in [0, 0.1) is 5.41 Å². The van der Waals surface area contributed by atoms with Crippen LogP contribution in [-0.4, -0.2) is 98.7 Å². The van der Waals surface area contributed by atoms with Gasteiger partial charge in [0.15, 0.2) is 5.96 Å². The number of likely N-dealkylation sites (tertiary alicyclic amines) is 1. The number of nitrogens with one attached hydrogen (secondary N) is 1. The molecule has 0 bridgehead atoms. The van der Waals surface area contributed by atoms with Crippen molar-refractivity contribution in [2.45, 2.75) is 52.4 Å². The van der Waals surface area contributed by atoms with Crippen molar-refractivity contribution in [2.75, 3.05) is 72.1 Å². The summed E-state index contributed by atoms with van der Waals surface area (Å²) in [5.74, 6) is 1.35. The van der Waals surface area contributed by atoms with Crippen molar-refractivity contribution in [1.82, 2.24) is 20.0 Å². The van der Waals surface area contributed by atoms with Gasteiger partial charge in [0.1, 0.15) is 0 Å². The molecule has 7 nitrogen and oxygen atoms in total. The number of rotatable bonds is 9. The molecule has 3 rings (SSSR count). The van der Waals surface area contributed by atoms with E-state index in [-0.39, 0.29) is 24.0 Å². The Kier molecular flexibility index (Phi) is 11.2. The van der Waals surface area contributed by atoms with E-state index in [1.54, 1.807) is 0 Å². The quantitative estimate of drug-likeness (QED) is 0.213. The first kappa shape index (κ1) is 25.6. The van der Waals surface area contributed by atoms with Crippen LogP contribution in [0.4, 0.5) is 0 Å². The number of aliphatic imine (C=N–C) groups is 1. The average Bonchev–Trinajstić information content (AvgIpc) is 3.52. The van der Waals surface area contributed by atoms with Crippen molar-refractivity contribution >= 4 is 35.8 Å². The number of nitrogens with zero attached hydrogens (tertiary/aromatic N) is 4. The number of guanidine groups is 1. The van der Waals surface area contributed by atoms with Gasteiger partial charge in [-0.15, -0.1) is 24.0 Å². The van der Waals surface area contributed by atoms with Crippen LogP contribution in [0.1, 0.15) is 52.4 Å². The molecule has 1 aliphatic carbocycles. The van der Waals surface area contributed by atoms with Crippen LogP contribution in [-0.2, 0) is 9.53 Å². The van der Waals surface area contributed by atoms with E-state index >= 15 is 0 Å². The fourth-order valence-electron chi connectivity index (χ4n) is 4.32. The van der Waals surface area contributed by atoms with E-state index in [1.807, 2.05) is 0 Å². The highest BCUT2D eigenvalue weighted by Gasteiger charge is 2.42. The van der Waals surface area contributed by atoms with E-state index < -0.39 is 0 Å². The van der Waals surface area contributed by atoms with E-state index in [9.17, 15) is 4.79 Å². The predicted molar refractivity (Wildman–Crippen MR) is 133 cm³/mol. The molecule has 1 saturated carbocycles. The van der Waals surface area contributed by atoms with Gasteiger partial charge in [0.25, 0.3) is 0 Å². The predicted octanol–water partition coefficient (Wildman–Crippen LogP) is 2.41. The Balaban J connectivity index is 0.00000320. The number of carbonyl (C=O) groups excluding carboxylic acids is 1. The van der Waals surface area contributed by atoms with Gasteiger partial charge >= 0.3 is 0 Å². The zero-order chi connectivity index (χ0) is 20.5. The lowest BCUT2D eigenvalue weighted by molar-refractivity contribution is -0.133. The van der Waals surface area contributed by atoms with E-state index in [4.69, 9.17) is 9.73 Å². The van der Waals surface area contributed by atoms with Gasteiger partial charge in [-0.3, -0.25) is 14.7 Å². The first-order chi connectivity index (χ1) is 14.2. The minimum Gasteiger partial charge on any atom is -0.382 e. The van der Waals surface area contributed by atoms with Gasteiger partial charge in [-0.1, -0.05) is 0 Å². The van der Waals surface area contributed by atoms with Crippen LogP contribution in [0.2, 0.25) is 0 Å².